The van der Waals surface area contributed by atoms with Gasteiger partial charge in [0.2, 0.25) is 0 Å². The number of hydrogen-bond acceptors (Lipinski definition) is 3. The summed E-state index contributed by atoms with van der Waals surface area (Å²) in [7, 11) is 0. The zero-order chi connectivity index (χ0) is 13.8. The Labute approximate surface area is 112 Å². The molecule has 0 aromatic heterocycles. The molecule has 0 spiro atoms. The van der Waals surface area contributed by atoms with Gasteiger partial charge in [-0.25, -0.2) is 0 Å². The molecule has 1 heterocycles. The first-order valence-electron chi connectivity index (χ1n) is 6.43. The monoisotopic (exact) mass is 258 g/mol. The zero-order valence-corrected chi connectivity index (χ0v) is 11.0. The molecule has 4 heteroatoms. The lowest BCUT2D eigenvalue weighted by atomic mass is 10.1. The largest absolute Gasteiger partial charge is 0.506 e. The molecule has 0 atom stereocenters. The molecule has 0 aliphatic carbocycles. The lowest BCUT2D eigenvalue weighted by molar-refractivity contribution is -0.125. The third-order valence-electron chi connectivity index (χ3n) is 3.35. The second-order valence-corrected chi connectivity index (χ2v) is 4.77. The van der Waals surface area contributed by atoms with E-state index in [1.165, 1.54) is 0 Å². The molecule has 1 aromatic carbocycles. The maximum Gasteiger partial charge on any atom is 0.259 e. The number of nitrogens with zero attached hydrogens (tertiary/aromatic N) is 1. The summed E-state index contributed by atoms with van der Waals surface area (Å²) >= 11 is 0. The minimum absolute atomic E-state index is 0.0609. The van der Waals surface area contributed by atoms with Crippen LogP contribution in [0.25, 0.3) is 5.76 Å². The van der Waals surface area contributed by atoms with Gasteiger partial charge in [0, 0.05) is 24.9 Å². The molecule has 1 fully saturated rings. The first kappa shape index (κ1) is 13.3. The Balaban J connectivity index is 2.32. The number of aryl methyl sites for hydroxylation is 1. The fraction of sp³-hybridized carbons (Fsp3) is 0.333. The third-order valence-corrected chi connectivity index (χ3v) is 3.35. The van der Waals surface area contributed by atoms with Gasteiger partial charge >= 0.3 is 0 Å². The molecule has 1 saturated heterocycles. The molecular weight excluding hydrogens is 240 g/mol. The van der Waals surface area contributed by atoms with Crippen LogP contribution in [0.1, 0.15) is 24.0 Å². The smallest absolute Gasteiger partial charge is 0.259 e. The topological polar surface area (TPSA) is 64.4 Å². The van der Waals surface area contributed by atoms with E-state index >= 15 is 0 Å². The van der Waals surface area contributed by atoms with E-state index in [2.05, 4.69) is 0 Å². The van der Waals surface area contributed by atoms with Crippen molar-refractivity contribution in [1.29, 1.82) is 5.41 Å². The van der Waals surface area contributed by atoms with E-state index in [1.54, 1.807) is 17.0 Å². The summed E-state index contributed by atoms with van der Waals surface area (Å²) in [4.78, 5) is 13.9. The van der Waals surface area contributed by atoms with Crippen LogP contribution in [-0.4, -0.2) is 35.2 Å². The van der Waals surface area contributed by atoms with Crippen molar-refractivity contribution in [2.75, 3.05) is 13.1 Å². The minimum Gasteiger partial charge on any atom is -0.506 e. The summed E-state index contributed by atoms with van der Waals surface area (Å²) in [5.74, 6) is -0.377. The molecular formula is C15H18N2O2. The number of hydrogen-bond donors (Lipinski definition) is 2. The van der Waals surface area contributed by atoms with Gasteiger partial charge in [-0.1, -0.05) is 29.8 Å². The van der Waals surface area contributed by atoms with Crippen molar-refractivity contribution in [1.82, 2.24) is 4.90 Å². The van der Waals surface area contributed by atoms with Gasteiger partial charge in [0.15, 0.2) is 0 Å². The second-order valence-electron chi connectivity index (χ2n) is 4.77. The van der Waals surface area contributed by atoms with Crippen LogP contribution in [0.4, 0.5) is 0 Å². The summed E-state index contributed by atoms with van der Waals surface area (Å²) in [5.41, 5.74) is 1.71. The van der Waals surface area contributed by atoms with E-state index in [1.807, 2.05) is 19.1 Å². The van der Waals surface area contributed by atoms with Gasteiger partial charge in [0.25, 0.3) is 5.91 Å². The summed E-state index contributed by atoms with van der Waals surface area (Å²) in [6.07, 6.45) is 2.92. The van der Waals surface area contributed by atoms with Crippen LogP contribution in [0.15, 0.2) is 29.8 Å². The molecule has 1 aromatic rings. The maximum atomic E-state index is 12.2. The quantitative estimate of drug-likeness (QED) is 0.497. The Kier molecular flexibility index (Phi) is 4.00. The van der Waals surface area contributed by atoms with Crippen LogP contribution in [0, 0.1) is 12.3 Å². The molecule has 0 bridgehead atoms. The maximum absolute atomic E-state index is 12.2. The molecule has 0 radical (unpaired) electrons. The van der Waals surface area contributed by atoms with E-state index in [9.17, 15) is 9.90 Å². The van der Waals surface area contributed by atoms with Gasteiger partial charge < -0.3 is 15.4 Å². The van der Waals surface area contributed by atoms with Crippen LogP contribution in [0.3, 0.4) is 0 Å². The SMILES string of the molecule is Cc1ccc(/C(O)=C(/C=N)C(=O)N2CCCC2)cc1. The van der Waals surface area contributed by atoms with Gasteiger partial charge in [-0.15, -0.1) is 0 Å². The number of carbonyl (C=O) groups is 1. The second kappa shape index (κ2) is 5.69. The number of likely N-dealkylation sites (tertiary alicyclic amines) is 1. The van der Waals surface area contributed by atoms with E-state index in [-0.39, 0.29) is 17.2 Å². The highest BCUT2D eigenvalue weighted by atomic mass is 16.3. The van der Waals surface area contributed by atoms with Crippen molar-refractivity contribution in [2.24, 2.45) is 0 Å². The predicted molar refractivity (Wildman–Crippen MR) is 75.3 cm³/mol. The molecule has 1 aliphatic heterocycles. The normalized spacial score (nSPS) is 16.2. The summed E-state index contributed by atoms with van der Waals surface area (Å²) in [6.45, 7) is 3.37. The Bertz CT molecular complexity index is 511. The van der Waals surface area contributed by atoms with E-state index in [0.29, 0.717) is 18.7 Å². The molecule has 100 valence electrons. The lowest BCUT2D eigenvalue weighted by Crippen LogP contribution is -2.30. The van der Waals surface area contributed by atoms with Crippen LogP contribution in [0.2, 0.25) is 0 Å². The summed E-state index contributed by atoms with van der Waals surface area (Å²) < 4.78 is 0. The molecule has 0 saturated carbocycles. The van der Waals surface area contributed by atoms with Crippen LogP contribution in [0.5, 0.6) is 0 Å². The number of rotatable bonds is 3. The number of aliphatic hydroxyl groups excluding tert-OH is 1. The van der Waals surface area contributed by atoms with Crippen molar-refractivity contribution in [3.8, 4) is 0 Å². The summed E-state index contributed by atoms with van der Waals surface area (Å²) in [6, 6.07) is 7.25. The van der Waals surface area contributed by atoms with E-state index in [4.69, 9.17) is 5.41 Å². The Hall–Kier alpha value is -2.10. The van der Waals surface area contributed by atoms with E-state index < -0.39 is 0 Å². The number of carbonyl (C=O) groups excluding carboxylic acids is 1. The highest BCUT2D eigenvalue weighted by Gasteiger charge is 2.23. The molecule has 1 amide bonds. The zero-order valence-electron chi connectivity index (χ0n) is 11.0. The minimum atomic E-state index is -0.259. The molecule has 19 heavy (non-hydrogen) atoms. The van der Waals surface area contributed by atoms with Crippen LogP contribution < -0.4 is 0 Å². The lowest BCUT2D eigenvalue weighted by Gasteiger charge is -2.16. The van der Waals surface area contributed by atoms with Gasteiger partial charge in [0.05, 0.1) is 5.57 Å². The third kappa shape index (κ3) is 2.84. The average Bonchev–Trinajstić information content (AvgIpc) is 2.94. The first-order valence-corrected chi connectivity index (χ1v) is 6.43. The van der Waals surface area contributed by atoms with Crippen LogP contribution in [-0.2, 0) is 4.79 Å². The van der Waals surface area contributed by atoms with Crippen molar-refractivity contribution in [3.63, 3.8) is 0 Å². The Morgan fingerprint density at radius 3 is 2.37 bits per heavy atom. The van der Waals surface area contributed by atoms with Crippen molar-refractivity contribution in [3.05, 3.63) is 41.0 Å². The Morgan fingerprint density at radius 2 is 1.84 bits per heavy atom. The Morgan fingerprint density at radius 1 is 1.26 bits per heavy atom. The standard InChI is InChI=1S/C15H18N2O2/c1-11-4-6-12(7-5-11)14(18)13(10-16)15(19)17-8-2-3-9-17/h4-7,10,16,18H,2-3,8-9H2,1H3/b14-13+,16-10?. The predicted octanol–water partition coefficient (Wildman–Crippen LogP) is 2.54. The number of amides is 1. The van der Waals surface area contributed by atoms with Gasteiger partial charge in [-0.2, -0.15) is 0 Å². The highest BCUT2D eigenvalue weighted by molar-refractivity contribution is 6.16. The molecule has 2 rings (SSSR count). The van der Waals surface area contributed by atoms with Gasteiger partial charge in [-0.3, -0.25) is 4.79 Å². The van der Waals surface area contributed by atoms with Crippen molar-refractivity contribution >= 4 is 17.9 Å². The van der Waals surface area contributed by atoms with Gasteiger partial charge in [0.1, 0.15) is 5.76 Å². The average molecular weight is 258 g/mol. The summed E-state index contributed by atoms with van der Waals surface area (Å²) in [5, 5.41) is 17.6. The highest BCUT2D eigenvalue weighted by Crippen LogP contribution is 2.19. The van der Waals surface area contributed by atoms with Crippen LogP contribution >= 0.6 is 0 Å². The molecule has 4 nitrogen and oxygen atoms in total. The molecule has 1 aliphatic rings. The number of benzene rings is 1. The fourth-order valence-corrected chi connectivity index (χ4v) is 2.19. The van der Waals surface area contributed by atoms with Gasteiger partial charge in [-0.05, 0) is 19.8 Å². The first-order chi connectivity index (χ1) is 9.13. The number of nitrogens with one attached hydrogen (secondary N) is 1. The molecule has 2 N–H and O–H groups in total. The molecule has 0 unspecified atom stereocenters. The van der Waals surface area contributed by atoms with Crippen molar-refractivity contribution < 1.29 is 9.90 Å². The van der Waals surface area contributed by atoms with E-state index in [0.717, 1.165) is 24.6 Å². The van der Waals surface area contributed by atoms with Crippen molar-refractivity contribution in [2.45, 2.75) is 19.8 Å². The fourth-order valence-electron chi connectivity index (χ4n) is 2.19. The number of aliphatic hydroxyl groups is 1.